The lowest BCUT2D eigenvalue weighted by Crippen LogP contribution is -2.54. The number of carbonyl (C=O) groups is 2. The Morgan fingerprint density at radius 1 is 1.17 bits per heavy atom. The van der Waals surface area contributed by atoms with Gasteiger partial charge in [-0.25, -0.2) is 9.78 Å². The highest BCUT2D eigenvalue weighted by atomic mass is 16.6. The Balaban J connectivity index is 1.44. The fourth-order valence-corrected chi connectivity index (χ4v) is 4.99. The van der Waals surface area contributed by atoms with E-state index in [9.17, 15) is 9.59 Å². The molecule has 3 heterocycles. The van der Waals surface area contributed by atoms with Gasteiger partial charge in [0.2, 0.25) is 0 Å². The second-order valence-corrected chi connectivity index (χ2v) is 11.9. The van der Waals surface area contributed by atoms with Crippen LogP contribution in [0.2, 0.25) is 0 Å². The molecule has 1 atom stereocenters. The summed E-state index contributed by atoms with van der Waals surface area (Å²) in [6.07, 6.45) is 5.78. The molecule has 1 aromatic heterocycles. The lowest BCUT2D eigenvalue weighted by Gasteiger charge is -2.41. The number of likely N-dealkylation sites (tertiary alicyclic amines) is 1. The summed E-state index contributed by atoms with van der Waals surface area (Å²) in [7, 11) is 0. The predicted octanol–water partition coefficient (Wildman–Crippen LogP) is 4.72. The Morgan fingerprint density at radius 3 is 2.53 bits per heavy atom. The van der Waals surface area contributed by atoms with E-state index in [4.69, 9.17) is 4.74 Å². The largest absolute Gasteiger partial charge is 0.444 e. The van der Waals surface area contributed by atoms with Crippen LogP contribution in [-0.2, 0) is 4.74 Å². The van der Waals surface area contributed by atoms with Crippen molar-refractivity contribution in [3.63, 3.8) is 0 Å². The molecule has 0 saturated carbocycles. The molecule has 1 aromatic rings. The van der Waals surface area contributed by atoms with E-state index in [1.807, 2.05) is 42.7 Å². The van der Waals surface area contributed by atoms with Crippen LogP contribution in [-0.4, -0.2) is 89.1 Å². The van der Waals surface area contributed by atoms with Gasteiger partial charge in [-0.15, -0.1) is 0 Å². The number of hydrogen-bond donors (Lipinski definition) is 1. The minimum atomic E-state index is -0.447. The first kappa shape index (κ1) is 28.2. The maximum Gasteiger partial charge on any atom is 0.410 e. The van der Waals surface area contributed by atoms with Crippen molar-refractivity contribution in [3.8, 4) is 0 Å². The quantitative estimate of drug-likeness (QED) is 0.555. The normalized spacial score (nSPS) is 20.0. The molecule has 0 aliphatic carbocycles. The highest BCUT2D eigenvalue weighted by molar-refractivity contribution is 5.99. The smallest absolute Gasteiger partial charge is 0.410 e. The Kier molecular flexibility index (Phi) is 10.00. The molecule has 202 valence electrons. The van der Waals surface area contributed by atoms with Crippen molar-refractivity contribution in [2.45, 2.75) is 78.9 Å². The topological polar surface area (TPSA) is 78.0 Å². The third kappa shape index (κ3) is 8.36. The number of piperidine rings is 1. The highest BCUT2D eigenvalue weighted by Crippen LogP contribution is 2.24. The Labute approximate surface area is 217 Å². The SMILES string of the molecule is CC(C)CCNc1ncccc1C(=O)N1CCN(CCC2CCN(C(=O)OC(C)(C)C)CC2)C[C@H]1C. The number of anilines is 1. The van der Waals surface area contributed by atoms with Crippen LogP contribution in [0.1, 0.15) is 77.6 Å². The first-order valence-electron chi connectivity index (χ1n) is 13.7. The van der Waals surface area contributed by atoms with Gasteiger partial charge in [0.05, 0.1) is 5.56 Å². The van der Waals surface area contributed by atoms with E-state index in [1.54, 1.807) is 6.20 Å². The molecular weight excluding hydrogens is 454 g/mol. The summed E-state index contributed by atoms with van der Waals surface area (Å²) in [4.78, 5) is 36.5. The monoisotopic (exact) mass is 501 g/mol. The zero-order valence-corrected chi connectivity index (χ0v) is 23.3. The van der Waals surface area contributed by atoms with Gasteiger partial charge < -0.3 is 19.9 Å². The maximum atomic E-state index is 13.4. The number of aromatic nitrogens is 1. The zero-order valence-electron chi connectivity index (χ0n) is 23.3. The summed E-state index contributed by atoms with van der Waals surface area (Å²) >= 11 is 0. The van der Waals surface area contributed by atoms with Crippen LogP contribution in [0.3, 0.4) is 0 Å². The summed E-state index contributed by atoms with van der Waals surface area (Å²) < 4.78 is 5.52. The molecule has 36 heavy (non-hydrogen) atoms. The number of amides is 2. The first-order chi connectivity index (χ1) is 17.0. The molecule has 0 radical (unpaired) electrons. The van der Waals surface area contributed by atoms with Gasteiger partial charge in [-0.2, -0.15) is 0 Å². The molecule has 8 nitrogen and oxygen atoms in total. The predicted molar refractivity (Wildman–Crippen MR) is 144 cm³/mol. The molecule has 2 aliphatic heterocycles. The van der Waals surface area contributed by atoms with Crippen LogP contribution in [0.5, 0.6) is 0 Å². The number of ether oxygens (including phenoxy) is 1. The van der Waals surface area contributed by atoms with Crippen LogP contribution < -0.4 is 5.32 Å². The molecule has 2 aliphatic rings. The molecule has 0 bridgehead atoms. The second-order valence-electron chi connectivity index (χ2n) is 11.9. The number of pyridine rings is 1. The van der Waals surface area contributed by atoms with Crippen molar-refractivity contribution in [1.82, 2.24) is 19.7 Å². The molecule has 8 heteroatoms. The van der Waals surface area contributed by atoms with E-state index in [2.05, 4.69) is 36.0 Å². The molecule has 2 amide bonds. The van der Waals surface area contributed by atoms with Gasteiger partial charge in [0.25, 0.3) is 5.91 Å². The summed E-state index contributed by atoms with van der Waals surface area (Å²) in [5.41, 5.74) is 0.218. The molecule has 0 unspecified atom stereocenters. The van der Waals surface area contributed by atoms with E-state index in [1.165, 1.54) is 0 Å². The van der Waals surface area contributed by atoms with Gasteiger partial charge in [0.1, 0.15) is 11.4 Å². The van der Waals surface area contributed by atoms with E-state index in [0.29, 0.717) is 23.2 Å². The number of rotatable bonds is 8. The number of hydrogen-bond acceptors (Lipinski definition) is 6. The van der Waals surface area contributed by atoms with Crippen LogP contribution in [0, 0.1) is 11.8 Å². The Morgan fingerprint density at radius 2 is 1.89 bits per heavy atom. The molecule has 1 N–H and O–H groups in total. The molecule has 0 spiro atoms. The van der Waals surface area contributed by atoms with Crippen molar-refractivity contribution in [3.05, 3.63) is 23.9 Å². The average Bonchev–Trinajstić information content (AvgIpc) is 2.82. The first-order valence-corrected chi connectivity index (χ1v) is 13.7. The lowest BCUT2D eigenvalue weighted by molar-refractivity contribution is 0.0170. The Bertz CT molecular complexity index is 861. The van der Waals surface area contributed by atoms with Crippen LogP contribution >= 0.6 is 0 Å². The average molecular weight is 502 g/mol. The fourth-order valence-electron chi connectivity index (χ4n) is 4.99. The minimum Gasteiger partial charge on any atom is -0.444 e. The van der Waals surface area contributed by atoms with Gasteiger partial charge in [0.15, 0.2) is 0 Å². The Hall–Kier alpha value is -2.35. The number of nitrogens with one attached hydrogen (secondary N) is 1. The summed E-state index contributed by atoms with van der Waals surface area (Å²) in [6.45, 7) is 18.2. The van der Waals surface area contributed by atoms with E-state index >= 15 is 0 Å². The zero-order chi connectivity index (χ0) is 26.3. The van der Waals surface area contributed by atoms with Crippen molar-refractivity contribution in [2.24, 2.45) is 11.8 Å². The number of piperazine rings is 1. The second kappa shape index (κ2) is 12.7. The fraction of sp³-hybridized carbons (Fsp3) is 0.750. The van der Waals surface area contributed by atoms with E-state index in [-0.39, 0.29) is 18.0 Å². The minimum absolute atomic E-state index is 0.0665. The van der Waals surface area contributed by atoms with Gasteiger partial charge in [0, 0.05) is 51.5 Å². The van der Waals surface area contributed by atoms with Crippen LogP contribution in [0.4, 0.5) is 10.6 Å². The van der Waals surface area contributed by atoms with Crippen molar-refractivity contribution in [1.29, 1.82) is 0 Å². The molecule has 2 saturated heterocycles. The lowest BCUT2D eigenvalue weighted by atomic mass is 9.93. The molecule has 3 rings (SSSR count). The van der Waals surface area contributed by atoms with Gasteiger partial charge in [-0.05, 0) is 83.9 Å². The third-order valence-electron chi connectivity index (χ3n) is 7.14. The highest BCUT2D eigenvalue weighted by Gasteiger charge is 2.31. The van der Waals surface area contributed by atoms with Crippen molar-refractivity contribution >= 4 is 17.8 Å². The standard InChI is InChI=1S/C28H47N5O3/c1-21(2)9-14-30-25-24(8-7-13-29-25)26(34)33-19-18-31(20-22(33)3)15-10-23-11-16-32(17-12-23)27(35)36-28(4,5)6/h7-8,13,21-23H,9-12,14-20H2,1-6H3,(H,29,30)/t22-/m1/s1. The number of carbonyl (C=O) groups excluding carboxylic acids is 2. The molecule has 2 fully saturated rings. The third-order valence-corrected chi connectivity index (χ3v) is 7.14. The maximum absolute atomic E-state index is 13.4. The van der Waals surface area contributed by atoms with Crippen molar-refractivity contribution < 1.29 is 14.3 Å². The van der Waals surface area contributed by atoms with E-state index in [0.717, 1.165) is 71.5 Å². The molecule has 0 aromatic carbocycles. The number of nitrogens with zero attached hydrogens (tertiary/aromatic N) is 4. The summed E-state index contributed by atoms with van der Waals surface area (Å²) in [5, 5.41) is 3.36. The summed E-state index contributed by atoms with van der Waals surface area (Å²) in [6, 6.07) is 3.88. The van der Waals surface area contributed by atoms with Gasteiger partial charge >= 0.3 is 6.09 Å². The van der Waals surface area contributed by atoms with Crippen molar-refractivity contribution in [2.75, 3.05) is 51.1 Å². The summed E-state index contributed by atoms with van der Waals surface area (Å²) in [5.74, 6) is 1.99. The van der Waals surface area contributed by atoms with Gasteiger partial charge in [-0.3, -0.25) is 9.69 Å². The van der Waals surface area contributed by atoms with Gasteiger partial charge in [-0.1, -0.05) is 13.8 Å². The van der Waals surface area contributed by atoms with Crippen LogP contribution in [0.25, 0.3) is 0 Å². The van der Waals surface area contributed by atoms with Crippen LogP contribution in [0.15, 0.2) is 18.3 Å². The molecular formula is C28H47N5O3. The van der Waals surface area contributed by atoms with E-state index < -0.39 is 5.60 Å².